The zero-order valence-corrected chi connectivity index (χ0v) is 12.5. The molecule has 0 amide bonds. The highest BCUT2D eigenvalue weighted by Gasteiger charge is 2.14. The van der Waals surface area contributed by atoms with Crippen molar-refractivity contribution in [2.45, 2.75) is 19.8 Å². The van der Waals surface area contributed by atoms with Gasteiger partial charge in [-0.25, -0.2) is 4.98 Å². The van der Waals surface area contributed by atoms with E-state index in [-0.39, 0.29) is 0 Å². The molecule has 21 heavy (non-hydrogen) atoms. The second kappa shape index (κ2) is 6.10. The van der Waals surface area contributed by atoms with Gasteiger partial charge in [-0.1, -0.05) is 25.1 Å². The topological polar surface area (TPSA) is 55.9 Å². The number of hydrogen-bond acceptors (Lipinski definition) is 4. The molecule has 5 heteroatoms. The molecule has 0 unspecified atom stereocenters. The fourth-order valence-corrected chi connectivity index (χ4v) is 2.43. The molecule has 0 spiro atoms. The molecule has 0 bridgehead atoms. The van der Waals surface area contributed by atoms with Gasteiger partial charge < -0.3 is 9.73 Å². The van der Waals surface area contributed by atoms with Crippen LogP contribution in [0.5, 0.6) is 0 Å². The van der Waals surface area contributed by atoms with Crippen LogP contribution in [0.2, 0.25) is 0 Å². The molecule has 5 nitrogen and oxygen atoms in total. The highest BCUT2D eigenvalue weighted by molar-refractivity contribution is 5.91. The lowest BCUT2D eigenvalue weighted by Gasteiger charge is -1.99. The quantitative estimate of drug-likeness (QED) is 0.707. The van der Waals surface area contributed by atoms with Crippen molar-refractivity contribution in [1.29, 1.82) is 0 Å². The summed E-state index contributed by atoms with van der Waals surface area (Å²) in [5.41, 5.74) is 1.95. The molecule has 3 rings (SSSR count). The number of aromatic nitrogens is 3. The third kappa shape index (κ3) is 2.83. The Bertz CT molecular complexity index is 729. The number of nitrogens with zero attached hydrogens (tertiary/aromatic N) is 3. The Labute approximate surface area is 124 Å². The van der Waals surface area contributed by atoms with Crippen LogP contribution in [0.3, 0.4) is 0 Å². The van der Waals surface area contributed by atoms with Gasteiger partial charge in [0, 0.05) is 25.4 Å². The second-order valence-corrected chi connectivity index (χ2v) is 5.11. The zero-order valence-electron chi connectivity index (χ0n) is 12.5. The van der Waals surface area contributed by atoms with Crippen LogP contribution in [-0.4, -0.2) is 27.9 Å². The predicted molar refractivity (Wildman–Crippen MR) is 83.1 cm³/mol. The smallest absolute Gasteiger partial charge is 0.196 e. The molecule has 2 heterocycles. The average molecular weight is 284 g/mol. The number of para-hydroxylation sites is 1. The summed E-state index contributed by atoms with van der Waals surface area (Å²) in [6.45, 7) is 4.07. The Hall–Kier alpha value is -2.14. The molecular weight excluding hydrogens is 264 g/mol. The number of aryl methyl sites for hydroxylation is 1. The standard InChI is InChI=1S/C16H20N4O/c1-3-9-17-10-8-15-18-11-14(21-15)16-12-6-4-5-7-13(12)20(2)19-16/h4-7,11,17H,3,8-10H2,1-2H3. The summed E-state index contributed by atoms with van der Waals surface area (Å²) in [6, 6.07) is 8.14. The Morgan fingerprint density at radius 1 is 1.24 bits per heavy atom. The SMILES string of the molecule is CCCNCCc1ncc(-c2nn(C)c3ccccc23)o1. The number of nitrogens with one attached hydrogen (secondary N) is 1. The van der Waals surface area contributed by atoms with E-state index in [1.807, 2.05) is 23.9 Å². The molecule has 110 valence electrons. The lowest BCUT2D eigenvalue weighted by Crippen LogP contribution is -2.17. The highest BCUT2D eigenvalue weighted by atomic mass is 16.4. The van der Waals surface area contributed by atoms with Crippen molar-refractivity contribution in [1.82, 2.24) is 20.1 Å². The van der Waals surface area contributed by atoms with Crippen LogP contribution < -0.4 is 5.32 Å². The summed E-state index contributed by atoms with van der Waals surface area (Å²) in [6.07, 6.45) is 3.70. The van der Waals surface area contributed by atoms with Crippen molar-refractivity contribution in [2.24, 2.45) is 7.05 Å². The van der Waals surface area contributed by atoms with Gasteiger partial charge in [0.2, 0.25) is 0 Å². The summed E-state index contributed by atoms with van der Waals surface area (Å²) in [7, 11) is 1.94. The van der Waals surface area contributed by atoms with Crippen molar-refractivity contribution in [3.63, 3.8) is 0 Å². The van der Waals surface area contributed by atoms with E-state index in [1.165, 1.54) is 0 Å². The van der Waals surface area contributed by atoms with Crippen LogP contribution in [0.1, 0.15) is 19.2 Å². The van der Waals surface area contributed by atoms with Crippen molar-refractivity contribution < 1.29 is 4.42 Å². The molecule has 2 aromatic heterocycles. The normalized spacial score (nSPS) is 11.3. The number of rotatable bonds is 6. The van der Waals surface area contributed by atoms with Gasteiger partial charge in [0.05, 0.1) is 11.7 Å². The summed E-state index contributed by atoms with van der Waals surface area (Å²) in [4.78, 5) is 4.35. The zero-order chi connectivity index (χ0) is 14.7. The molecule has 0 saturated carbocycles. The largest absolute Gasteiger partial charge is 0.439 e. The fraction of sp³-hybridized carbons (Fsp3) is 0.375. The fourth-order valence-electron chi connectivity index (χ4n) is 2.43. The first kappa shape index (κ1) is 13.8. The third-order valence-corrected chi connectivity index (χ3v) is 3.49. The lowest BCUT2D eigenvalue weighted by molar-refractivity contribution is 0.493. The first-order valence-corrected chi connectivity index (χ1v) is 7.37. The Balaban J connectivity index is 1.82. The van der Waals surface area contributed by atoms with Crippen molar-refractivity contribution in [2.75, 3.05) is 13.1 Å². The highest BCUT2D eigenvalue weighted by Crippen LogP contribution is 2.27. The lowest BCUT2D eigenvalue weighted by atomic mass is 10.2. The van der Waals surface area contributed by atoms with E-state index in [0.717, 1.165) is 54.2 Å². The van der Waals surface area contributed by atoms with Crippen LogP contribution >= 0.6 is 0 Å². The number of hydrogen-bond donors (Lipinski definition) is 1. The van der Waals surface area contributed by atoms with Gasteiger partial charge in [0.1, 0.15) is 5.69 Å². The molecule has 0 fully saturated rings. The summed E-state index contributed by atoms with van der Waals surface area (Å²) < 4.78 is 7.72. The predicted octanol–water partition coefficient (Wildman–Crippen LogP) is 2.77. The van der Waals surface area contributed by atoms with E-state index in [2.05, 4.69) is 34.5 Å². The summed E-state index contributed by atoms with van der Waals surface area (Å²) in [5.74, 6) is 1.49. The number of benzene rings is 1. The maximum absolute atomic E-state index is 5.84. The first-order chi connectivity index (χ1) is 10.3. The molecule has 0 aliphatic carbocycles. The molecule has 0 radical (unpaired) electrons. The van der Waals surface area contributed by atoms with Gasteiger partial charge in [-0.3, -0.25) is 4.68 Å². The van der Waals surface area contributed by atoms with Crippen molar-refractivity contribution in [3.8, 4) is 11.5 Å². The molecule has 1 N–H and O–H groups in total. The number of oxazole rings is 1. The Morgan fingerprint density at radius 3 is 2.95 bits per heavy atom. The third-order valence-electron chi connectivity index (χ3n) is 3.49. The molecule has 3 aromatic rings. The van der Waals surface area contributed by atoms with Crippen LogP contribution in [0.15, 0.2) is 34.9 Å². The second-order valence-electron chi connectivity index (χ2n) is 5.11. The summed E-state index contributed by atoms with van der Waals surface area (Å²) >= 11 is 0. The van der Waals surface area contributed by atoms with Crippen LogP contribution in [0, 0.1) is 0 Å². The minimum absolute atomic E-state index is 0.734. The van der Waals surface area contributed by atoms with E-state index >= 15 is 0 Å². The molecular formula is C16H20N4O. The van der Waals surface area contributed by atoms with Gasteiger partial charge in [0.25, 0.3) is 0 Å². The Morgan fingerprint density at radius 2 is 2.10 bits per heavy atom. The molecule has 1 aromatic carbocycles. The molecule has 0 aliphatic rings. The van der Waals surface area contributed by atoms with Gasteiger partial charge in [-0.2, -0.15) is 5.10 Å². The van der Waals surface area contributed by atoms with E-state index in [9.17, 15) is 0 Å². The van der Waals surface area contributed by atoms with E-state index in [0.29, 0.717) is 0 Å². The maximum Gasteiger partial charge on any atom is 0.196 e. The van der Waals surface area contributed by atoms with E-state index in [1.54, 1.807) is 6.20 Å². The van der Waals surface area contributed by atoms with Crippen molar-refractivity contribution in [3.05, 3.63) is 36.4 Å². The monoisotopic (exact) mass is 284 g/mol. The van der Waals surface area contributed by atoms with Gasteiger partial charge in [0.15, 0.2) is 11.7 Å². The summed E-state index contributed by atoms with van der Waals surface area (Å²) in [5, 5.41) is 8.99. The molecule has 0 aliphatic heterocycles. The van der Waals surface area contributed by atoms with Gasteiger partial charge in [-0.15, -0.1) is 0 Å². The minimum Gasteiger partial charge on any atom is -0.439 e. The van der Waals surface area contributed by atoms with Gasteiger partial charge in [-0.05, 0) is 19.0 Å². The Kier molecular flexibility index (Phi) is 4.01. The molecule has 0 atom stereocenters. The average Bonchev–Trinajstić information content (AvgIpc) is 3.09. The molecule has 0 saturated heterocycles. The van der Waals surface area contributed by atoms with Crippen LogP contribution in [-0.2, 0) is 13.5 Å². The number of fused-ring (bicyclic) bond motifs is 1. The van der Waals surface area contributed by atoms with E-state index < -0.39 is 0 Å². The van der Waals surface area contributed by atoms with Crippen LogP contribution in [0.25, 0.3) is 22.4 Å². The first-order valence-electron chi connectivity index (χ1n) is 7.37. The minimum atomic E-state index is 0.734. The van der Waals surface area contributed by atoms with E-state index in [4.69, 9.17) is 4.42 Å². The maximum atomic E-state index is 5.84. The van der Waals surface area contributed by atoms with Crippen LogP contribution in [0.4, 0.5) is 0 Å². The van der Waals surface area contributed by atoms with Gasteiger partial charge >= 0.3 is 0 Å². The van der Waals surface area contributed by atoms with Crippen molar-refractivity contribution >= 4 is 10.9 Å².